The normalized spacial score (nSPS) is 16.6. The molecule has 5 nitrogen and oxygen atoms in total. The number of aromatic nitrogens is 1. The van der Waals surface area contributed by atoms with Crippen molar-refractivity contribution in [3.63, 3.8) is 0 Å². The number of rotatable bonds is 6. The van der Waals surface area contributed by atoms with E-state index in [9.17, 15) is 13.6 Å². The number of pyridine rings is 1. The fourth-order valence-electron chi connectivity index (χ4n) is 3.74. The smallest absolute Gasteiger partial charge is 0.241 e. The number of amides is 1. The Morgan fingerprint density at radius 3 is 2.68 bits per heavy atom. The Bertz CT molecular complexity index is 1030. The zero-order chi connectivity index (χ0) is 21.6. The lowest BCUT2D eigenvalue weighted by molar-refractivity contribution is -0.122. The predicted molar refractivity (Wildman–Crippen MR) is 114 cm³/mol. The predicted octanol–water partition coefficient (Wildman–Crippen LogP) is 5.15. The highest BCUT2D eigenvalue weighted by Crippen LogP contribution is 2.25. The van der Waals surface area contributed by atoms with Gasteiger partial charge in [0.25, 0.3) is 0 Å². The molecular weight excluding hydrogens is 400 g/mol. The minimum Gasteiger partial charge on any atom is -0.456 e. The molecule has 1 aliphatic heterocycles. The molecule has 0 saturated carbocycles. The van der Waals surface area contributed by atoms with E-state index in [0.717, 1.165) is 18.9 Å². The second-order valence-electron chi connectivity index (χ2n) is 7.50. The standard InChI is InChI=1S/C24H23F2N3O2/c25-21-7-3-5-17(23(21)26)16-29-14-2-1-8-22(29)24(30)28-18-9-11-19(12-10-18)31-20-6-4-13-27-15-20/h3-7,9-13,15,22H,1-2,8,14,16H2,(H,28,30). The van der Waals surface area contributed by atoms with Crippen LogP contribution in [0.15, 0.2) is 67.0 Å². The number of hydrogen-bond acceptors (Lipinski definition) is 4. The molecule has 1 saturated heterocycles. The summed E-state index contributed by atoms with van der Waals surface area (Å²) in [6.07, 6.45) is 5.79. The van der Waals surface area contributed by atoms with Crippen LogP contribution in [0.4, 0.5) is 14.5 Å². The molecule has 0 spiro atoms. The molecule has 1 N–H and O–H groups in total. The number of benzene rings is 2. The van der Waals surface area contributed by atoms with Gasteiger partial charge < -0.3 is 10.1 Å². The van der Waals surface area contributed by atoms with Crippen molar-refractivity contribution in [1.82, 2.24) is 9.88 Å². The van der Waals surface area contributed by atoms with Crippen molar-refractivity contribution in [2.24, 2.45) is 0 Å². The summed E-state index contributed by atoms with van der Waals surface area (Å²) in [5, 5.41) is 2.93. The van der Waals surface area contributed by atoms with Crippen LogP contribution in [0.3, 0.4) is 0 Å². The Morgan fingerprint density at radius 1 is 1.06 bits per heavy atom. The first-order valence-corrected chi connectivity index (χ1v) is 10.3. The summed E-state index contributed by atoms with van der Waals surface area (Å²) in [6.45, 7) is 0.853. The van der Waals surface area contributed by atoms with Crippen LogP contribution in [0.2, 0.25) is 0 Å². The molecule has 1 amide bonds. The van der Waals surface area contributed by atoms with Crippen LogP contribution in [0.5, 0.6) is 11.5 Å². The van der Waals surface area contributed by atoms with Crippen molar-refractivity contribution >= 4 is 11.6 Å². The lowest BCUT2D eigenvalue weighted by Gasteiger charge is -2.34. The largest absolute Gasteiger partial charge is 0.456 e. The summed E-state index contributed by atoms with van der Waals surface area (Å²) < 4.78 is 33.4. The van der Waals surface area contributed by atoms with Gasteiger partial charge in [0.1, 0.15) is 11.5 Å². The molecule has 1 atom stereocenters. The van der Waals surface area contributed by atoms with E-state index < -0.39 is 17.7 Å². The van der Waals surface area contributed by atoms with Crippen LogP contribution >= 0.6 is 0 Å². The van der Waals surface area contributed by atoms with Gasteiger partial charge in [-0.15, -0.1) is 0 Å². The molecule has 7 heteroatoms. The Labute approximate surface area is 179 Å². The number of carbonyl (C=O) groups is 1. The van der Waals surface area contributed by atoms with Gasteiger partial charge in [-0.3, -0.25) is 14.7 Å². The second kappa shape index (κ2) is 9.66. The third-order valence-corrected chi connectivity index (χ3v) is 5.31. The van der Waals surface area contributed by atoms with Crippen LogP contribution in [-0.4, -0.2) is 28.4 Å². The van der Waals surface area contributed by atoms with Gasteiger partial charge in [0.05, 0.1) is 12.2 Å². The van der Waals surface area contributed by atoms with E-state index in [4.69, 9.17) is 4.74 Å². The summed E-state index contributed by atoms with van der Waals surface area (Å²) in [5.74, 6) is -0.619. The topological polar surface area (TPSA) is 54.5 Å². The Hall–Kier alpha value is -3.32. The lowest BCUT2D eigenvalue weighted by atomic mass is 10.00. The Kier molecular flexibility index (Phi) is 6.52. The quantitative estimate of drug-likeness (QED) is 0.596. The molecule has 3 aromatic rings. The first-order chi connectivity index (χ1) is 15.1. The van der Waals surface area contributed by atoms with Crippen molar-refractivity contribution in [1.29, 1.82) is 0 Å². The maximum absolute atomic E-state index is 14.1. The van der Waals surface area contributed by atoms with Crippen molar-refractivity contribution in [3.05, 3.63) is 84.2 Å². The lowest BCUT2D eigenvalue weighted by Crippen LogP contribution is -2.46. The number of ether oxygens (including phenoxy) is 1. The molecule has 2 heterocycles. The van der Waals surface area contributed by atoms with Gasteiger partial charge in [-0.1, -0.05) is 18.6 Å². The van der Waals surface area contributed by atoms with Crippen LogP contribution in [0.1, 0.15) is 24.8 Å². The van der Waals surface area contributed by atoms with Gasteiger partial charge in [-0.05, 0) is 61.9 Å². The average Bonchev–Trinajstić information content (AvgIpc) is 2.79. The Balaban J connectivity index is 1.40. The zero-order valence-corrected chi connectivity index (χ0v) is 16.9. The van der Waals surface area contributed by atoms with E-state index in [1.165, 1.54) is 6.07 Å². The number of nitrogens with one attached hydrogen (secondary N) is 1. The molecule has 1 fully saturated rings. The number of carbonyl (C=O) groups excluding carboxylic acids is 1. The van der Waals surface area contributed by atoms with Crippen molar-refractivity contribution in [2.45, 2.75) is 31.8 Å². The molecular formula is C24H23F2N3O2. The van der Waals surface area contributed by atoms with Gasteiger partial charge in [0, 0.05) is 24.0 Å². The average molecular weight is 423 g/mol. The maximum Gasteiger partial charge on any atom is 0.241 e. The first-order valence-electron chi connectivity index (χ1n) is 10.3. The molecule has 1 unspecified atom stereocenters. The number of hydrogen-bond donors (Lipinski definition) is 1. The minimum absolute atomic E-state index is 0.155. The monoisotopic (exact) mass is 423 g/mol. The summed E-state index contributed by atoms with van der Waals surface area (Å²) >= 11 is 0. The maximum atomic E-state index is 14.1. The molecule has 1 aliphatic rings. The highest BCUT2D eigenvalue weighted by atomic mass is 19.2. The number of nitrogens with zero attached hydrogens (tertiary/aromatic N) is 2. The van der Waals surface area contributed by atoms with Crippen LogP contribution < -0.4 is 10.1 Å². The number of piperidine rings is 1. The second-order valence-corrected chi connectivity index (χ2v) is 7.50. The van der Waals surface area contributed by atoms with E-state index in [-0.39, 0.29) is 18.0 Å². The van der Waals surface area contributed by atoms with Crippen LogP contribution in [-0.2, 0) is 11.3 Å². The third kappa shape index (κ3) is 5.24. The van der Waals surface area contributed by atoms with Gasteiger partial charge in [0.15, 0.2) is 11.6 Å². The van der Waals surface area contributed by atoms with E-state index in [1.807, 2.05) is 11.0 Å². The number of halogens is 2. The zero-order valence-electron chi connectivity index (χ0n) is 16.9. The summed E-state index contributed by atoms with van der Waals surface area (Å²) in [7, 11) is 0. The number of likely N-dealkylation sites (tertiary alicyclic amines) is 1. The molecule has 4 rings (SSSR count). The molecule has 31 heavy (non-hydrogen) atoms. The van der Waals surface area contributed by atoms with Crippen molar-refractivity contribution in [2.75, 3.05) is 11.9 Å². The van der Waals surface area contributed by atoms with Gasteiger partial charge in [-0.2, -0.15) is 0 Å². The van der Waals surface area contributed by atoms with E-state index in [1.54, 1.807) is 48.8 Å². The fraction of sp³-hybridized carbons (Fsp3) is 0.250. The summed E-state index contributed by atoms with van der Waals surface area (Å²) in [4.78, 5) is 18.9. The summed E-state index contributed by atoms with van der Waals surface area (Å²) in [6, 6.07) is 14.4. The fourth-order valence-corrected chi connectivity index (χ4v) is 3.74. The highest BCUT2D eigenvalue weighted by molar-refractivity contribution is 5.94. The molecule has 160 valence electrons. The van der Waals surface area contributed by atoms with Crippen LogP contribution in [0, 0.1) is 11.6 Å². The minimum atomic E-state index is -0.871. The SMILES string of the molecule is O=C(Nc1ccc(Oc2cccnc2)cc1)C1CCCCN1Cc1cccc(F)c1F. The van der Waals surface area contributed by atoms with Crippen molar-refractivity contribution < 1.29 is 18.3 Å². The molecule has 0 bridgehead atoms. The van der Waals surface area contributed by atoms with Crippen LogP contribution in [0.25, 0.3) is 0 Å². The first kappa shape index (κ1) is 20.9. The molecule has 0 radical (unpaired) electrons. The third-order valence-electron chi connectivity index (χ3n) is 5.31. The molecule has 0 aliphatic carbocycles. The van der Waals surface area contributed by atoms with Crippen molar-refractivity contribution in [3.8, 4) is 11.5 Å². The number of anilines is 1. The molecule has 1 aromatic heterocycles. The van der Waals surface area contributed by atoms with E-state index in [0.29, 0.717) is 30.2 Å². The van der Waals surface area contributed by atoms with Gasteiger partial charge in [-0.25, -0.2) is 8.78 Å². The highest BCUT2D eigenvalue weighted by Gasteiger charge is 2.29. The van der Waals surface area contributed by atoms with Gasteiger partial charge >= 0.3 is 0 Å². The molecule has 2 aromatic carbocycles. The van der Waals surface area contributed by atoms with E-state index in [2.05, 4.69) is 10.3 Å². The van der Waals surface area contributed by atoms with E-state index >= 15 is 0 Å². The Morgan fingerprint density at radius 2 is 1.90 bits per heavy atom. The summed E-state index contributed by atoms with van der Waals surface area (Å²) in [5.41, 5.74) is 0.905. The van der Waals surface area contributed by atoms with Gasteiger partial charge in [0.2, 0.25) is 5.91 Å².